The molecule has 0 bridgehead atoms. The Morgan fingerprint density at radius 3 is 2.79 bits per heavy atom. The summed E-state index contributed by atoms with van der Waals surface area (Å²) >= 11 is 0. The second-order valence-electron chi connectivity index (χ2n) is 4.69. The summed E-state index contributed by atoms with van der Waals surface area (Å²) in [5.74, 6) is 1.40. The number of hydrogen-bond acceptors (Lipinski definition) is 5. The van der Waals surface area contributed by atoms with E-state index in [1.165, 1.54) is 0 Å². The maximum absolute atomic E-state index is 5.37. The average molecular weight is 263 g/mol. The van der Waals surface area contributed by atoms with Crippen molar-refractivity contribution in [1.29, 1.82) is 0 Å². The van der Waals surface area contributed by atoms with Crippen LogP contribution < -0.4 is 5.32 Å². The average Bonchev–Trinajstić information content (AvgIpc) is 3.03. The molecule has 104 valence electrons. The SMILES string of the molecule is CCNC(CC)C(C)c1nc(-c2ccn(C)n2)no1. The van der Waals surface area contributed by atoms with E-state index < -0.39 is 0 Å². The van der Waals surface area contributed by atoms with E-state index in [4.69, 9.17) is 4.52 Å². The van der Waals surface area contributed by atoms with E-state index in [9.17, 15) is 0 Å². The lowest BCUT2D eigenvalue weighted by Gasteiger charge is -2.20. The molecule has 0 aliphatic carbocycles. The van der Waals surface area contributed by atoms with Crippen LogP contribution in [0.25, 0.3) is 11.5 Å². The number of nitrogens with zero attached hydrogens (tertiary/aromatic N) is 4. The summed E-state index contributed by atoms with van der Waals surface area (Å²) in [5, 5.41) is 11.7. The summed E-state index contributed by atoms with van der Waals surface area (Å²) in [4.78, 5) is 4.45. The van der Waals surface area contributed by atoms with E-state index >= 15 is 0 Å². The molecule has 19 heavy (non-hydrogen) atoms. The molecule has 2 heterocycles. The Balaban J connectivity index is 2.16. The molecule has 0 radical (unpaired) electrons. The van der Waals surface area contributed by atoms with Gasteiger partial charge >= 0.3 is 0 Å². The molecule has 2 aromatic heterocycles. The molecule has 0 amide bonds. The molecule has 0 saturated heterocycles. The third-order valence-corrected chi connectivity index (χ3v) is 3.28. The van der Waals surface area contributed by atoms with Gasteiger partial charge in [-0.15, -0.1) is 0 Å². The minimum atomic E-state index is 0.190. The van der Waals surface area contributed by atoms with Gasteiger partial charge < -0.3 is 9.84 Å². The van der Waals surface area contributed by atoms with Gasteiger partial charge in [-0.05, 0) is 19.0 Å². The third-order valence-electron chi connectivity index (χ3n) is 3.28. The van der Waals surface area contributed by atoms with Gasteiger partial charge in [-0.25, -0.2) is 0 Å². The van der Waals surface area contributed by atoms with Crippen LogP contribution in [0.3, 0.4) is 0 Å². The predicted molar refractivity (Wildman–Crippen MR) is 72.7 cm³/mol. The van der Waals surface area contributed by atoms with Crippen LogP contribution >= 0.6 is 0 Å². The quantitative estimate of drug-likeness (QED) is 0.862. The summed E-state index contributed by atoms with van der Waals surface area (Å²) < 4.78 is 7.09. The van der Waals surface area contributed by atoms with Crippen LogP contribution in [0.2, 0.25) is 0 Å². The zero-order chi connectivity index (χ0) is 13.8. The Morgan fingerprint density at radius 2 is 2.21 bits per heavy atom. The molecular formula is C13H21N5O. The van der Waals surface area contributed by atoms with Gasteiger partial charge in [0, 0.05) is 19.3 Å². The van der Waals surface area contributed by atoms with E-state index in [1.54, 1.807) is 4.68 Å². The first kappa shape index (κ1) is 13.7. The highest BCUT2D eigenvalue weighted by Gasteiger charge is 2.23. The maximum atomic E-state index is 5.37. The number of likely N-dealkylation sites (N-methyl/N-ethyl adjacent to an activating group) is 1. The fraction of sp³-hybridized carbons (Fsp3) is 0.615. The van der Waals surface area contributed by atoms with E-state index in [2.05, 4.69) is 41.3 Å². The molecule has 2 rings (SSSR count). The van der Waals surface area contributed by atoms with Crippen molar-refractivity contribution in [2.75, 3.05) is 6.54 Å². The number of nitrogens with one attached hydrogen (secondary N) is 1. The first-order valence-corrected chi connectivity index (χ1v) is 6.72. The zero-order valence-corrected chi connectivity index (χ0v) is 11.9. The summed E-state index contributed by atoms with van der Waals surface area (Å²) in [7, 11) is 1.87. The van der Waals surface area contributed by atoms with E-state index in [1.807, 2.05) is 19.3 Å². The van der Waals surface area contributed by atoms with Crippen molar-refractivity contribution in [3.8, 4) is 11.5 Å². The van der Waals surface area contributed by atoms with E-state index in [0.717, 1.165) is 18.7 Å². The minimum absolute atomic E-state index is 0.190. The first-order valence-electron chi connectivity index (χ1n) is 6.72. The molecule has 6 nitrogen and oxygen atoms in total. The fourth-order valence-electron chi connectivity index (χ4n) is 2.17. The predicted octanol–water partition coefficient (Wildman–Crippen LogP) is 1.96. The number of aryl methyl sites for hydroxylation is 1. The standard InChI is InChI=1S/C13H21N5O/c1-5-10(14-6-2)9(3)13-15-12(17-19-13)11-7-8-18(4)16-11/h7-10,14H,5-6H2,1-4H3. The maximum Gasteiger partial charge on any atom is 0.231 e. The van der Waals surface area contributed by atoms with Gasteiger partial charge in [0.1, 0.15) is 5.69 Å². The topological polar surface area (TPSA) is 68.8 Å². The van der Waals surface area contributed by atoms with E-state index in [-0.39, 0.29) is 5.92 Å². The van der Waals surface area contributed by atoms with Crippen molar-refractivity contribution in [3.63, 3.8) is 0 Å². The monoisotopic (exact) mass is 263 g/mol. The molecule has 0 fully saturated rings. The van der Waals surface area contributed by atoms with Crippen molar-refractivity contribution in [2.45, 2.75) is 39.2 Å². The summed E-state index contributed by atoms with van der Waals surface area (Å²) in [6.45, 7) is 7.29. The second-order valence-corrected chi connectivity index (χ2v) is 4.69. The lowest BCUT2D eigenvalue weighted by Crippen LogP contribution is -2.33. The molecular weight excluding hydrogens is 242 g/mol. The molecule has 2 unspecified atom stereocenters. The second kappa shape index (κ2) is 5.97. The summed E-state index contributed by atoms with van der Waals surface area (Å²) in [6, 6.07) is 2.22. The molecule has 0 aliphatic heterocycles. The Labute approximate surface area is 113 Å². The minimum Gasteiger partial charge on any atom is -0.339 e. The first-order chi connectivity index (χ1) is 9.15. The molecule has 1 N–H and O–H groups in total. The Hall–Kier alpha value is -1.69. The zero-order valence-electron chi connectivity index (χ0n) is 11.9. The van der Waals surface area contributed by atoms with Crippen molar-refractivity contribution >= 4 is 0 Å². The van der Waals surface area contributed by atoms with Crippen LogP contribution in [-0.4, -0.2) is 32.5 Å². The van der Waals surface area contributed by atoms with Crippen LogP contribution in [0, 0.1) is 0 Å². The van der Waals surface area contributed by atoms with Gasteiger partial charge in [-0.3, -0.25) is 4.68 Å². The van der Waals surface area contributed by atoms with Crippen LogP contribution in [0.1, 0.15) is 39.0 Å². The lowest BCUT2D eigenvalue weighted by molar-refractivity contribution is 0.321. The van der Waals surface area contributed by atoms with Gasteiger partial charge in [-0.2, -0.15) is 10.1 Å². The normalized spacial score (nSPS) is 14.5. The van der Waals surface area contributed by atoms with Gasteiger partial charge in [0.05, 0.1) is 5.92 Å². The molecule has 0 saturated carbocycles. The molecule has 6 heteroatoms. The third kappa shape index (κ3) is 3.01. The highest BCUT2D eigenvalue weighted by atomic mass is 16.5. The van der Waals surface area contributed by atoms with Crippen LogP contribution in [0.5, 0.6) is 0 Å². The Morgan fingerprint density at radius 1 is 1.42 bits per heavy atom. The van der Waals surface area contributed by atoms with Crippen molar-refractivity contribution < 1.29 is 4.52 Å². The number of rotatable bonds is 6. The van der Waals surface area contributed by atoms with Crippen LogP contribution in [0.15, 0.2) is 16.8 Å². The van der Waals surface area contributed by atoms with Crippen molar-refractivity contribution in [2.24, 2.45) is 7.05 Å². The summed E-state index contributed by atoms with van der Waals surface area (Å²) in [5.41, 5.74) is 0.737. The smallest absolute Gasteiger partial charge is 0.231 e. The van der Waals surface area contributed by atoms with Crippen molar-refractivity contribution in [3.05, 3.63) is 18.2 Å². The molecule has 0 spiro atoms. The van der Waals surface area contributed by atoms with Gasteiger partial charge in [0.15, 0.2) is 0 Å². The lowest BCUT2D eigenvalue weighted by atomic mass is 9.99. The van der Waals surface area contributed by atoms with Gasteiger partial charge in [-0.1, -0.05) is 25.9 Å². The Kier molecular flexibility index (Phi) is 4.31. The Bertz CT molecular complexity index is 519. The summed E-state index contributed by atoms with van der Waals surface area (Å²) in [6.07, 6.45) is 2.89. The van der Waals surface area contributed by atoms with Crippen LogP contribution in [-0.2, 0) is 7.05 Å². The van der Waals surface area contributed by atoms with Gasteiger partial charge in [0.2, 0.25) is 11.7 Å². The fourth-order valence-corrected chi connectivity index (χ4v) is 2.17. The van der Waals surface area contributed by atoms with E-state index in [0.29, 0.717) is 17.8 Å². The molecule has 0 aromatic carbocycles. The molecule has 0 aliphatic rings. The number of aromatic nitrogens is 4. The molecule has 2 atom stereocenters. The largest absolute Gasteiger partial charge is 0.339 e. The number of hydrogen-bond donors (Lipinski definition) is 1. The highest BCUT2D eigenvalue weighted by molar-refractivity contribution is 5.46. The molecule has 2 aromatic rings. The highest BCUT2D eigenvalue weighted by Crippen LogP contribution is 2.22. The van der Waals surface area contributed by atoms with Crippen molar-refractivity contribution in [1.82, 2.24) is 25.2 Å². The van der Waals surface area contributed by atoms with Gasteiger partial charge in [0.25, 0.3) is 0 Å². The van der Waals surface area contributed by atoms with Crippen LogP contribution in [0.4, 0.5) is 0 Å².